The number of pyridine rings is 1. The number of aromatic nitrogens is 1. The Morgan fingerprint density at radius 1 is 1.09 bits per heavy atom. The fraction of sp³-hybridized carbons (Fsp3) is 0.227. The van der Waals surface area contributed by atoms with Crippen molar-refractivity contribution in [1.29, 1.82) is 0 Å². The molecule has 3 amide bonds. The Hall–Kier alpha value is -3.27. The van der Waals surface area contributed by atoms with Crippen molar-refractivity contribution in [3.05, 3.63) is 60.3 Å². The molecule has 1 atom stereocenters. The third-order valence-electron chi connectivity index (χ3n) is 5.28. The second-order valence-corrected chi connectivity index (χ2v) is 8.36. The fourth-order valence-electron chi connectivity index (χ4n) is 3.70. The van der Waals surface area contributed by atoms with Gasteiger partial charge in [-0.1, -0.05) is 12.1 Å². The smallest absolute Gasteiger partial charge is 0.386 e. The number of urea groups is 1. The van der Waals surface area contributed by atoms with E-state index in [1.807, 2.05) is 18.2 Å². The first-order valence-electron chi connectivity index (χ1n) is 9.74. The zero-order valence-corrected chi connectivity index (χ0v) is 18.0. The number of anilines is 2. The van der Waals surface area contributed by atoms with E-state index < -0.39 is 23.5 Å². The number of thioether (sulfide) groups is 1. The molecular formula is C22H19F3N4O2S. The van der Waals surface area contributed by atoms with Crippen LogP contribution in [0.4, 0.5) is 29.3 Å². The van der Waals surface area contributed by atoms with Crippen molar-refractivity contribution in [3.8, 4) is 0 Å². The van der Waals surface area contributed by atoms with Gasteiger partial charge in [-0.25, -0.2) is 9.69 Å². The SMILES string of the molecule is CNc1cccc2c(CN3C(=O)N(c4ccc(SC(F)(F)F)cc4)C(=O)C3C)ccnc12. The Labute approximate surface area is 186 Å². The number of hydrogen-bond donors (Lipinski definition) is 1. The van der Waals surface area contributed by atoms with Crippen LogP contribution in [0.25, 0.3) is 10.9 Å². The minimum Gasteiger partial charge on any atom is -0.386 e. The number of benzene rings is 2. The van der Waals surface area contributed by atoms with Gasteiger partial charge in [0.15, 0.2) is 0 Å². The van der Waals surface area contributed by atoms with Gasteiger partial charge in [-0.3, -0.25) is 9.78 Å². The van der Waals surface area contributed by atoms with Crippen molar-refractivity contribution in [2.75, 3.05) is 17.3 Å². The number of imide groups is 1. The Kier molecular flexibility index (Phi) is 5.72. The monoisotopic (exact) mass is 460 g/mol. The molecule has 32 heavy (non-hydrogen) atoms. The summed E-state index contributed by atoms with van der Waals surface area (Å²) >= 11 is -0.249. The standard InChI is InChI=1S/C22H19F3N4O2S/c1-13-20(30)29(15-6-8-16(9-7-15)32-22(23,24)25)21(31)28(13)12-14-10-11-27-19-17(14)4-3-5-18(19)26-2/h3-11,13,26H,12H2,1-2H3. The topological polar surface area (TPSA) is 65.5 Å². The van der Waals surface area contributed by atoms with Crippen LogP contribution in [0.1, 0.15) is 12.5 Å². The molecule has 2 aromatic carbocycles. The highest BCUT2D eigenvalue weighted by Crippen LogP contribution is 2.38. The van der Waals surface area contributed by atoms with Crippen LogP contribution < -0.4 is 10.2 Å². The Morgan fingerprint density at radius 3 is 2.47 bits per heavy atom. The summed E-state index contributed by atoms with van der Waals surface area (Å²) in [5.74, 6) is -0.430. The van der Waals surface area contributed by atoms with Gasteiger partial charge in [0.2, 0.25) is 0 Å². The lowest BCUT2D eigenvalue weighted by molar-refractivity contribution is -0.119. The summed E-state index contributed by atoms with van der Waals surface area (Å²) in [4.78, 5) is 32.8. The van der Waals surface area contributed by atoms with Gasteiger partial charge in [-0.15, -0.1) is 0 Å². The third kappa shape index (κ3) is 4.10. The quantitative estimate of drug-likeness (QED) is 0.416. The summed E-state index contributed by atoms with van der Waals surface area (Å²) in [7, 11) is 1.80. The number of hydrogen-bond acceptors (Lipinski definition) is 5. The molecule has 2 heterocycles. The van der Waals surface area contributed by atoms with Gasteiger partial charge in [0, 0.05) is 30.1 Å². The number of fused-ring (bicyclic) bond motifs is 1. The molecule has 0 spiro atoms. The molecule has 1 unspecified atom stereocenters. The molecule has 1 fully saturated rings. The van der Waals surface area contributed by atoms with Crippen molar-refractivity contribution >= 4 is 46.0 Å². The van der Waals surface area contributed by atoms with E-state index in [0.29, 0.717) is 0 Å². The van der Waals surface area contributed by atoms with Crippen LogP contribution in [-0.4, -0.2) is 40.4 Å². The van der Waals surface area contributed by atoms with Gasteiger partial charge in [0.1, 0.15) is 6.04 Å². The number of halogens is 3. The summed E-state index contributed by atoms with van der Waals surface area (Å²) in [6.07, 6.45) is 1.65. The van der Waals surface area contributed by atoms with Crippen LogP contribution >= 0.6 is 11.8 Å². The average molecular weight is 460 g/mol. The first kappa shape index (κ1) is 21.9. The zero-order chi connectivity index (χ0) is 23.0. The molecule has 0 aliphatic carbocycles. The molecule has 1 N–H and O–H groups in total. The molecule has 1 aromatic heterocycles. The van der Waals surface area contributed by atoms with E-state index in [9.17, 15) is 22.8 Å². The maximum atomic E-state index is 13.1. The number of alkyl halides is 3. The summed E-state index contributed by atoms with van der Waals surface area (Å²) in [5.41, 5.74) is -1.74. The fourth-order valence-corrected chi connectivity index (χ4v) is 4.24. The Bertz CT molecular complexity index is 1180. The highest BCUT2D eigenvalue weighted by Gasteiger charge is 2.43. The van der Waals surface area contributed by atoms with E-state index in [1.165, 1.54) is 29.2 Å². The lowest BCUT2D eigenvalue weighted by atomic mass is 10.1. The van der Waals surface area contributed by atoms with Gasteiger partial charge in [-0.05, 0) is 60.6 Å². The van der Waals surface area contributed by atoms with Crippen molar-refractivity contribution in [3.63, 3.8) is 0 Å². The van der Waals surface area contributed by atoms with Crippen LogP contribution in [-0.2, 0) is 11.3 Å². The summed E-state index contributed by atoms with van der Waals surface area (Å²) in [6, 6.07) is 11.4. The molecule has 3 aromatic rings. The maximum absolute atomic E-state index is 13.1. The van der Waals surface area contributed by atoms with Crippen LogP contribution in [0.5, 0.6) is 0 Å². The molecule has 10 heteroatoms. The van der Waals surface area contributed by atoms with E-state index in [0.717, 1.165) is 27.1 Å². The molecule has 0 bridgehead atoms. The first-order valence-corrected chi connectivity index (χ1v) is 10.6. The molecule has 4 rings (SSSR count). The van der Waals surface area contributed by atoms with Gasteiger partial charge < -0.3 is 10.2 Å². The van der Waals surface area contributed by atoms with Gasteiger partial charge in [0.05, 0.1) is 16.9 Å². The number of carbonyl (C=O) groups excluding carboxylic acids is 2. The molecule has 166 valence electrons. The molecule has 6 nitrogen and oxygen atoms in total. The second-order valence-electron chi connectivity index (χ2n) is 7.22. The van der Waals surface area contributed by atoms with Crippen molar-refractivity contribution < 1.29 is 22.8 Å². The van der Waals surface area contributed by atoms with Crippen LogP contribution in [0, 0.1) is 0 Å². The van der Waals surface area contributed by atoms with E-state index in [-0.39, 0.29) is 28.9 Å². The number of nitrogens with zero attached hydrogens (tertiary/aromatic N) is 3. The van der Waals surface area contributed by atoms with Crippen molar-refractivity contribution in [2.24, 2.45) is 0 Å². The minimum absolute atomic E-state index is 0.0196. The van der Waals surface area contributed by atoms with E-state index in [4.69, 9.17) is 0 Å². The maximum Gasteiger partial charge on any atom is 0.446 e. The van der Waals surface area contributed by atoms with Crippen molar-refractivity contribution in [1.82, 2.24) is 9.88 Å². The van der Waals surface area contributed by atoms with Crippen LogP contribution in [0.15, 0.2) is 59.6 Å². The highest BCUT2D eigenvalue weighted by molar-refractivity contribution is 8.00. The average Bonchev–Trinajstić information content (AvgIpc) is 2.96. The summed E-state index contributed by atoms with van der Waals surface area (Å²) in [6.45, 7) is 1.83. The number of amides is 3. The number of para-hydroxylation sites is 1. The van der Waals surface area contributed by atoms with Crippen molar-refractivity contribution in [2.45, 2.75) is 29.9 Å². The first-order chi connectivity index (χ1) is 15.2. The molecule has 0 radical (unpaired) electrons. The van der Waals surface area contributed by atoms with E-state index in [2.05, 4.69) is 10.3 Å². The molecule has 1 saturated heterocycles. The highest BCUT2D eigenvalue weighted by atomic mass is 32.2. The number of rotatable bonds is 5. The van der Waals surface area contributed by atoms with E-state index in [1.54, 1.807) is 26.2 Å². The molecular weight excluding hydrogens is 441 g/mol. The van der Waals surface area contributed by atoms with Crippen LogP contribution in [0.3, 0.4) is 0 Å². The molecule has 1 aliphatic rings. The lowest BCUT2D eigenvalue weighted by Gasteiger charge is -2.20. The largest absolute Gasteiger partial charge is 0.446 e. The predicted molar refractivity (Wildman–Crippen MR) is 118 cm³/mol. The van der Waals surface area contributed by atoms with Crippen LogP contribution in [0.2, 0.25) is 0 Å². The van der Waals surface area contributed by atoms with E-state index >= 15 is 0 Å². The number of nitrogens with one attached hydrogen (secondary N) is 1. The predicted octanol–water partition coefficient (Wildman–Crippen LogP) is 5.25. The Balaban J connectivity index is 1.61. The molecule has 0 saturated carbocycles. The third-order valence-corrected chi connectivity index (χ3v) is 6.02. The summed E-state index contributed by atoms with van der Waals surface area (Å²) < 4.78 is 37.7. The zero-order valence-electron chi connectivity index (χ0n) is 17.2. The number of carbonyl (C=O) groups is 2. The summed E-state index contributed by atoms with van der Waals surface area (Å²) in [5, 5.41) is 3.95. The van der Waals surface area contributed by atoms with Gasteiger partial charge in [0.25, 0.3) is 5.91 Å². The normalized spacial score (nSPS) is 16.8. The van der Waals surface area contributed by atoms with Gasteiger partial charge >= 0.3 is 11.5 Å². The lowest BCUT2D eigenvalue weighted by Crippen LogP contribution is -2.33. The Morgan fingerprint density at radius 2 is 1.81 bits per heavy atom. The second kappa shape index (κ2) is 8.34. The minimum atomic E-state index is -4.41. The molecule has 1 aliphatic heterocycles. The van der Waals surface area contributed by atoms with Gasteiger partial charge in [-0.2, -0.15) is 13.2 Å².